The van der Waals surface area contributed by atoms with Crippen molar-refractivity contribution in [2.75, 3.05) is 6.54 Å². The van der Waals surface area contributed by atoms with Crippen LogP contribution in [0.5, 0.6) is 0 Å². The molecule has 3 heteroatoms. The van der Waals surface area contributed by atoms with E-state index in [-0.39, 0.29) is 17.4 Å². The van der Waals surface area contributed by atoms with Crippen LogP contribution in [0.15, 0.2) is 0 Å². The van der Waals surface area contributed by atoms with Gasteiger partial charge in [-0.15, -0.1) is 0 Å². The quantitative estimate of drug-likeness (QED) is 0.745. The molecule has 1 saturated carbocycles. The van der Waals surface area contributed by atoms with Gasteiger partial charge in [0.2, 0.25) is 5.91 Å². The van der Waals surface area contributed by atoms with Crippen molar-refractivity contribution in [3.05, 3.63) is 0 Å². The first-order valence-electron chi connectivity index (χ1n) is 8.09. The van der Waals surface area contributed by atoms with Gasteiger partial charge in [-0.05, 0) is 44.4 Å². The van der Waals surface area contributed by atoms with Crippen molar-refractivity contribution in [2.45, 2.75) is 77.7 Å². The van der Waals surface area contributed by atoms with Gasteiger partial charge in [0, 0.05) is 12.5 Å². The van der Waals surface area contributed by atoms with Crippen molar-refractivity contribution in [2.24, 2.45) is 17.6 Å². The molecule has 0 aromatic rings. The lowest BCUT2D eigenvalue weighted by Gasteiger charge is -2.40. The van der Waals surface area contributed by atoms with Crippen LogP contribution in [0, 0.1) is 11.8 Å². The Morgan fingerprint density at radius 1 is 1.26 bits per heavy atom. The number of carbonyl (C=O) groups excluding carboxylic acids is 1. The molecule has 112 valence electrons. The van der Waals surface area contributed by atoms with Crippen LogP contribution in [0.1, 0.15) is 72.1 Å². The maximum atomic E-state index is 12.5. The van der Waals surface area contributed by atoms with Gasteiger partial charge in [-0.3, -0.25) is 4.79 Å². The van der Waals surface area contributed by atoms with E-state index in [0.29, 0.717) is 6.54 Å². The van der Waals surface area contributed by atoms with Crippen LogP contribution in [0.3, 0.4) is 0 Å². The summed E-state index contributed by atoms with van der Waals surface area (Å²) in [6.45, 7) is 7.17. The predicted molar refractivity (Wildman–Crippen MR) is 80.9 cm³/mol. The van der Waals surface area contributed by atoms with Gasteiger partial charge in [-0.25, -0.2) is 0 Å². The molecule has 0 unspecified atom stereocenters. The van der Waals surface area contributed by atoms with Gasteiger partial charge >= 0.3 is 0 Å². The number of nitrogens with two attached hydrogens (primary N) is 1. The molecule has 1 amide bonds. The van der Waals surface area contributed by atoms with Crippen LogP contribution >= 0.6 is 0 Å². The van der Waals surface area contributed by atoms with Crippen molar-refractivity contribution in [3.63, 3.8) is 0 Å². The third kappa shape index (κ3) is 4.79. The number of nitrogens with one attached hydrogen (secondary N) is 1. The summed E-state index contributed by atoms with van der Waals surface area (Å²) < 4.78 is 0. The van der Waals surface area contributed by atoms with Crippen molar-refractivity contribution < 1.29 is 4.79 Å². The van der Waals surface area contributed by atoms with Crippen LogP contribution in [-0.2, 0) is 4.79 Å². The fourth-order valence-electron chi connectivity index (χ4n) is 3.16. The topological polar surface area (TPSA) is 55.1 Å². The molecule has 0 heterocycles. The molecule has 1 fully saturated rings. The number of carbonyl (C=O) groups is 1. The maximum Gasteiger partial charge on any atom is 0.223 e. The van der Waals surface area contributed by atoms with E-state index < -0.39 is 0 Å². The lowest BCUT2D eigenvalue weighted by Crippen LogP contribution is -2.56. The van der Waals surface area contributed by atoms with Crippen LogP contribution in [-0.4, -0.2) is 18.0 Å². The number of hydrogen-bond donors (Lipinski definition) is 2. The normalized spacial score (nSPS) is 27.5. The zero-order valence-electron chi connectivity index (χ0n) is 13.0. The first kappa shape index (κ1) is 16.5. The molecule has 0 atom stereocenters. The molecular weight excluding hydrogens is 236 g/mol. The average Bonchev–Trinajstić information content (AvgIpc) is 2.41. The fourth-order valence-corrected chi connectivity index (χ4v) is 3.16. The molecule has 0 saturated heterocycles. The van der Waals surface area contributed by atoms with E-state index in [1.54, 1.807) is 0 Å². The first-order chi connectivity index (χ1) is 9.06. The summed E-state index contributed by atoms with van der Waals surface area (Å²) in [4.78, 5) is 12.5. The van der Waals surface area contributed by atoms with Crippen LogP contribution in [0.2, 0.25) is 0 Å². The Bertz CT molecular complexity index is 264. The second-order valence-corrected chi connectivity index (χ2v) is 6.43. The van der Waals surface area contributed by atoms with E-state index in [9.17, 15) is 4.79 Å². The second-order valence-electron chi connectivity index (χ2n) is 6.43. The predicted octanol–water partition coefficient (Wildman–Crippen LogP) is 3.23. The van der Waals surface area contributed by atoms with Gasteiger partial charge in [0.15, 0.2) is 0 Å². The molecule has 0 aromatic heterocycles. The number of hydrogen-bond acceptors (Lipinski definition) is 2. The Morgan fingerprint density at radius 2 is 1.79 bits per heavy atom. The Morgan fingerprint density at radius 3 is 2.21 bits per heavy atom. The van der Waals surface area contributed by atoms with E-state index >= 15 is 0 Å². The summed E-state index contributed by atoms with van der Waals surface area (Å²) in [7, 11) is 0. The van der Waals surface area contributed by atoms with E-state index in [2.05, 4.69) is 26.1 Å². The highest BCUT2D eigenvalue weighted by atomic mass is 16.2. The minimum Gasteiger partial charge on any atom is -0.349 e. The van der Waals surface area contributed by atoms with Crippen molar-refractivity contribution in [3.8, 4) is 0 Å². The SMILES string of the molecule is CCCC(CCC)C(=O)NC1(CN)CCC(C)CC1. The molecular formula is C16H32N2O. The summed E-state index contributed by atoms with van der Waals surface area (Å²) in [5.41, 5.74) is 5.84. The Labute approximate surface area is 118 Å². The standard InChI is InChI=1S/C16H32N2O/c1-4-6-14(7-5-2)15(19)18-16(12-17)10-8-13(3)9-11-16/h13-14H,4-12,17H2,1-3H3,(H,18,19). The van der Waals surface area contributed by atoms with E-state index in [1.165, 1.54) is 12.8 Å². The molecule has 3 N–H and O–H groups in total. The van der Waals surface area contributed by atoms with E-state index in [1.807, 2.05) is 0 Å². The molecule has 0 aliphatic heterocycles. The zero-order chi connectivity index (χ0) is 14.3. The molecule has 1 aliphatic carbocycles. The van der Waals surface area contributed by atoms with Crippen LogP contribution in [0.4, 0.5) is 0 Å². The Balaban J connectivity index is 2.60. The Hall–Kier alpha value is -0.570. The van der Waals surface area contributed by atoms with Gasteiger partial charge in [0.05, 0.1) is 5.54 Å². The van der Waals surface area contributed by atoms with Gasteiger partial charge in [-0.2, -0.15) is 0 Å². The van der Waals surface area contributed by atoms with Crippen molar-refractivity contribution in [1.82, 2.24) is 5.32 Å². The average molecular weight is 268 g/mol. The van der Waals surface area contributed by atoms with Gasteiger partial charge < -0.3 is 11.1 Å². The summed E-state index contributed by atoms with van der Waals surface area (Å²) >= 11 is 0. The summed E-state index contributed by atoms with van der Waals surface area (Å²) in [5, 5.41) is 3.31. The zero-order valence-corrected chi connectivity index (χ0v) is 13.0. The second kappa shape index (κ2) is 7.88. The minimum absolute atomic E-state index is 0.122. The van der Waals surface area contributed by atoms with E-state index in [4.69, 9.17) is 5.73 Å². The maximum absolute atomic E-state index is 12.5. The third-order valence-electron chi connectivity index (χ3n) is 4.66. The first-order valence-corrected chi connectivity index (χ1v) is 8.09. The summed E-state index contributed by atoms with van der Waals surface area (Å²) in [6.07, 6.45) is 8.60. The van der Waals surface area contributed by atoms with Crippen molar-refractivity contribution in [1.29, 1.82) is 0 Å². The van der Waals surface area contributed by atoms with Gasteiger partial charge in [0.1, 0.15) is 0 Å². The Kier molecular flexibility index (Phi) is 6.84. The molecule has 1 aliphatic rings. The summed E-state index contributed by atoms with van der Waals surface area (Å²) in [5.74, 6) is 1.19. The lowest BCUT2D eigenvalue weighted by atomic mass is 9.76. The minimum atomic E-state index is -0.122. The smallest absolute Gasteiger partial charge is 0.223 e. The van der Waals surface area contributed by atoms with Gasteiger partial charge in [-0.1, -0.05) is 33.6 Å². The fraction of sp³-hybridized carbons (Fsp3) is 0.938. The van der Waals surface area contributed by atoms with Crippen molar-refractivity contribution >= 4 is 5.91 Å². The molecule has 0 aromatic carbocycles. The highest BCUT2D eigenvalue weighted by molar-refractivity contribution is 5.79. The molecule has 0 spiro atoms. The lowest BCUT2D eigenvalue weighted by molar-refractivity contribution is -0.128. The molecule has 3 nitrogen and oxygen atoms in total. The number of amides is 1. The molecule has 0 radical (unpaired) electrons. The van der Waals surface area contributed by atoms with Crippen LogP contribution in [0.25, 0.3) is 0 Å². The highest BCUT2D eigenvalue weighted by Gasteiger charge is 2.35. The monoisotopic (exact) mass is 268 g/mol. The largest absolute Gasteiger partial charge is 0.349 e. The third-order valence-corrected chi connectivity index (χ3v) is 4.66. The molecule has 1 rings (SSSR count). The van der Waals surface area contributed by atoms with Gasteiger partial charge in [0.25, 0.3) is 0 Å². The summed E-state index contributed by atoms with van der Waals surface area (Å²) in [6, 6.07) is 0. The van der Waals surface area contributed by atoms with Crippen LogP contribution < -0.4 is 11.1 Å². The molecule has 0 bridgehead atoms. The number of rotatable bonds is 7. The van der Waals surface area contributed by atoms with E-state index in [0.717, 1.165) is 44.4 Å². The highest BCUT2D eigenvalue weighted by Crippen LogP contribution is 2.31. The molecule has 19 heavy (non-hydrogen) atoms.